The Morgan fingerprint density at radius 2 is 1.75 bits per heavy atom. The lowest BCUT2D eigenvalue weighted by Crippen LogP contribution is -2.48. The first-order valence-corrected chi connectivity index (χ1v) is 9.65. The summed E-state index contributed by atoms with van der Waals surface area (Å²) in [6.07, 6.45) is 0. The van der Waals surface area contributed by atoms with E-state index in [-0.39, 0.29) is 5.91 Å². The van der Waals surface area contributed by atoms with Crippen LogP contribution in [0.15, 0.2) is 48.5 Å². The summed E-state index contributed by atoms with van der Waals surface area (Å²) in [6.45, 7) is 5.30. The molecule has 1 N–H and O–H groups in total. The number of rotatable bonds is 8. The standard InChI is InChI=1S/C22H29N3O3/c1-24-10-12-25(13-11-24)16-22(26)23-15-19-8-9-20(21(14-19)27-2)28-17-18-6-4-3-5-7-18/h3-9,14H,10-13,15-17H2,1-2H3,(H,23,26). The van der Waals surface area contributed by atoms with Crippen molar-refractivity contribution in [3.05, 3.63) is 59.7 Å². The Morgan fingerprint density at radius 3 is 2.46 bits per heavy atom. The van der Waals surface area contributed by atoms with E-state index in [1.807, 2.05) is 48.5 Å². The second-order valence-electron chi connectivity index (χ2n) is 7.12. The van der Waals surface area contributed by atoms with Crippen molar-refractivity contribution in [1.82, 2.24) is 15.1 Å². The molecule has 150 valence electrons. The van der Waals surface area contributed by atoms with Gasteiger partial charge in [0.1, 0.15) is 6.61 Å². The second-order valence-corrected chi connectivity index (χ2v) is 7.12. The van der Waals surface area contributed by atoms with E-state index in [0.29, 0.717) is 31.2 Å². The number of hydrogen-bond donors (Lipinski definition) is 1. The first-order chi connectivity index (χ1) is 13.6. The van der Waals surface area contributed by atoms with Crippen molar-refractivity contribution in [2.24, 2.45) is 0 Å². The maximum atomic E-state index is 12.2. The summed E-state index contributed by atoms with van der Waals surface area (Å²) in [6, 6.07) is 15.8. The summed E-state index contributed by atoms with van der Waals surface area (Å²) in [5.74, 6) is 1.41. The van der Waals surface area contributed by atoms with Crippen LogP contribution in [-0.2, 0) is 17.9 Å². The van der Waals surface area contributed by atoms with Crippen molar-refractivity contribution in [3.8, 4) is 11.5 Å². The molecule has 0 bridgehead atoms. The quantitative estimate of drug-likeness (QED) is 0.757. The lowest BCUT2D eigenvalue weighted by Gasteiger charge is -2.31. The van der Waals surface area contributed by atoms with Gasteiger partial charge in [-0.1, -0.05) is 36.4 Å². The molecule has 0 radical (unpaired) electrons. The molecule has 1 fully saturated rings. The number of ether oxygens (including phenoxy) is 2. The zero-order valence-corrected chi connectivity index (χ0v) is 16.7. The summed E-state index contributed by atoms with van der Waals surface area (Å²) in [5.41, 5.74) is 2.08. The van der Waals surface area contributed by atoms with Gasteiger partial charge in [-0.05, 0) is 30.3 Å². The SMILES string of the molecule is COc1cc(CNC(=O)CN2CCN(C)CC2)ccc1OCc1ccccc1. The lowest BCUT2D eigenvalue weighted by molar-refractivity contribution is -0.122. The molecule has 0 unspecified atom stereocenters. The van der Waals surface area contributed by atoms with Gasteiger partial charge in [-0.15, -0.1) is 0 Å². The molecule has 28 heavy (non-hydrogen) atoms. The van der Waals surface area contributed by atoms with Gasteiger partial charge >= 0.3 is 0 Å². The first kappa shape index (κ1) is 20.2. The van der Waals surface area contributed by atoms with Crippen LogP contribution in [0.1, 0.15) is 11.1 Å². The summed E-state index contributed by atoms with van der Waals surface area (Å²) >= 11 is 0. The van der Waals surface area contributed by atoms with Gasteiger partial charge in [0.2, 0.25) is 5.91 Å². The van der Waals surface area contributed by atoms with E-state index in [2.05, 4.69) is 22.2 Å². The molecule has 1 amide bonds. The van der Waals surface area contributed by atoms with Crippen molar-refractivity contribution in [1.29, 1.82) is 0 Å². The minimum Gasteiger partial charge on any atom is -0.493 e. The number of hydrogen-bond acceptors (Lipinski definition) is 5. The summed E-state index contributed by atoms with van der Waals surface area (Å²) in [5, 5.41) is 3.00. The molecule has 1 saturated heterocycles. The Morgan fingerprint density at radius 1 is 1.00 bits per heavy atom. The van der Waals surface area contributed by atoms with Gasteiger partial charge in [-0.2, -0.15) is 0 Å². The molecule has 3 rings (SSSR count). The average molecular weight is 383 g/mol. The summed E-state index contributed by atoms with van der Waals surface area (Å²) < 4.78 is 11.3. The summed E-state index contributed by atoms with van der Waals surface area (Å²) in [4.78, 5) is 16.7. The highest BCUT2D eigenvalue weighted by Crippen LogP contribution is 2.28. The number of carbonyl (C=O) groups is 1. The number of amides is 1. The van der Waals surface area contributed by atoms with E-state index in [0.717, 1.165) is 37.3 Å². The normalized spacial score (nSPS) is 15.2. The van der Waals surface area contributed by atoms with Gasteiger partial charge in [-0.25, -0.2) is 0 Å². The fraction of sp³-hybridized carbons (Fsp3) is 0.409. The predicted molar refractivity (Wildman–Crippen MR) is 110 cm³/mol. The molecule has 2 aromatic carbocycles. The number of carbonyl (C=O) groups excluding carboxylic acids is 1. The molecular formula is C22H29N3O3. The van der Waals surface area contributed by atoms with Crippen LogP contribution in [-0.4, -0.2) is 62.6 Å². The van der Waals surface area contributed by atoms with Crippen LogP contribution in [0, 0.1) is 0 Å². The zero-order chi connectivity index (χ0) is 19.8. The van der Waals surface area contributed by atoms with E-state index in [4.69, 9.17) is 9.47 Å². The molecule has 1 heterocycles. The van der Waals surface area contributed by atoms with E-state index >= 15 is 0 Å². The molecule has 0 spiro atoms. The molecule has 6 heteroatoms. The maximum absolute atomic E-state index is 12.2. The number of methoxy groups -OCH3 is 1. The van der Waals surface area contributed by atoms with E-state index in [9.17, 15) is 4.79 Å². The third kappa shape index (κ3) is 5.97. The Labute approximate surface area is 167 Å². The highest BCUT2D eigenvalue weighted by atomic mass is 16.5. The topological polar surface area (TPSA) is 54.0 Å². The minimum absolute atomic E-state index is 0.0490. The fourth-order valence-electron chi connectivity index (χ4n) is 3.14. The Balaban J connectivity index is 1.49. The number of benzene rings is 2. The maximum Gasteiger partial charge on any atom is 0.234 e. The molecule has 0 atom stereocenters. The highest BCUT2D eigenvalue weighted by molar-refractivity contribution is 5.78. The van der Waals surface area contributed by atoms with Crippen LogP contribution >= 0.6 is 0 Å². The van der Waals surface area contributed by atoms with Crippen molar-refractivity contribution >= 4 is 5.91 Å². The molecule has 1 aliphatic rings. The monoisotopic (exact) mass is 383 g/mol. The van der Waals surface area contributed by atoms with E-state index < -0.39 is 0 Å². The highest BCUT2D eigenvalue weighted by Gasteiger charge is 2.16. The van der Waals surface area contributed by atoms with E-state index in [1.165, 1.54) is 0 Å². The third-order valence-corrected chi connectivity index (χ3v) is 4.92. The van der Waals surface area contributed by atoms with Gasteiger partial charge in [0, 0.05) is 32.7 Å². The number of likely N-dealkylation sites (N-methyl/N-ethyl adjacent to an activating group) is 1. The first-order valence-electron chi connectivity index (χ1n) is 9.65. The van der Waals surface area contributed by atoms with Crippen molar-refractivity contribution in [3.63, 3.8) is 0 Å². The van der Waals surface area contributed by atoms with Crippen LogP contribution < -0.4 is 14.8 Å². The lowest BCUT2D eigenvalue weighted by atomic mass is 10.2. The fourth-order valence-corrected chi connectivity index (χ4v) is 3.14. The van der Waals surface area contributed by atoms with Crippen LogP contribution in [0.5, 0.6) is 11.5 Å². The van der Waals surface area contributed by atoms with Gasteiger partial charge in [0.05, 0.1) is 13.7 Å². The molecule has 0 aromatic heterocycles. The average Bonchev–Trinajstić information content (AvgIpc) is 2.73. The van der Waals surface area contributed by atoms with Crippen molar-refractivity contribution in [2.45, 2.75) is 13.2 Å². The van der Waals surface area contributed by atoms with Crippen molar-refractivity contribution < 1.29 is 14.3 Å². The number of nitrogens with one attached hydrogen (secondary N) is 1. The van der Waals surface area contributed by atoms with Crippen LogP contribution in [0.25, 0.3) is 0 Å². The van der Waals surface area contributed by atoms with Gasteiger partial charge in [0.25, 0.3) is 0 Å². The smallest absolute Gasteiger partial charge is 0.234 e. The Bertz CT molecular complexity index is 759. The molecule has 6 nitrogen and oxygen atoms in total. The molecule has 2 aromatic rings. The van der Waals surface area contributed by atoms with Gasteiger partial charge in [-0.3, -0.25) is 9.69 Å². The van der Waals surface area contributed by atoms with Gasteiger partial charge < -0.3 is 19.7 Å². The van der Waals surface area contributed by atoms with Crippen molar-refractivity contribution in [2.75, 3.05) is 46.9 Å². The number of nitrogens with zero attached hydrogens (tertiary/aromatic N) is 2. The van der Waals surface area contributed by atoms with Crippen LogP contribution in [0.4, 0.5) is 0 Å². The molecule has 0 saturated carbocycles. The molecule has 0 aliphatic carbocycles. The van der Waals surface area contributed by atoms with Gasteiger partial charge in [0.15, 0.2) is 11.5 Å². The Hall–Kier alpha value is -2.57. The Kier molecular flexibility index (Phi) is 7.28. The minimum atomic E-state index is 0.0490. The number of piperazine rings is 1. The third-order valence-electron chi connectivity index (χ3n) is 4.92. The second kappa shape index (κ2) is 10.1. The van der Waals surface area contributed by atoms with Crippen LogP contribution in [0.3, 0.4) is 0 Å². The van der Waals surface area contributed by atoms with E-state index in [1.54, 1.807) is 7.11 Å². The molecular weight excluding hydrogens is 354 g/mol. The zero-order valence-electron chi connectivity index (χ0n) is 16.7. The largest absolute Gasteiger partial charge is 0.493 e. The molecule has 1 aliphatic heterocycles. The van der Waals surface area contributed by atoms with Crippen LogP contribution in [0.2, 0.25) is 0 Å². The predicted octanol–water partition coefficient (Wildman–Crippen LogP) is 2.14. The summed E-state index contributed by atoms with van der Waals surface area (Å²) in [7, 11) is 3.73.